The van der Waals surface area contributed by atoms with Crippen molar-refractivity contribution in [3.63, 3.8) is 0 Å². The predicted octanol–water partition coefficient (Wildman–Crippen LogP) is 4.17. The first-order chi connectivity index (χ1) is 13.3. The van der Waals surface area contributed by atoms with Crippen LogP contribution in [0.5, 0.6) is 5.75 Å². The van der Waals surface area contributed by atoms with Crippen LogP contribution >= 0.6 is 0 Å². The number of benzene rings is 1. The highest BCUT2D eigenvalue weighted by Crippen LogP contribution is 2.35. The van der Waals surface area contributed by atoms with E-state index in [1.54, 1.807) is 53.9 Å². The first kappa shape index (κ1) is 21.7. The van der Waals surface area contributed by atoms with Gasteiger partial charge in [-0.05, 0) is 52.3 Å². The maximum atomic E-state index is 12.4. The summed E-state index contributed by atoms with van der Waals surface area (Å²) in [5, 5.41) is 0. The standard InChI is InChI=1S/C22H28O6/c1-7-13(3)21(23)27-15(5)20(28-22(24)14(4)8-2)16-9-17-11-26-12-18(17)19(10-16)25-6/h7-10,15,20H,11-12H2,1-6H3/b13-7-,14-8-/t15-,20+/m0/s1. The first-order valence-corrected chi connectivity index (χ1v) is 9.27. The van der Waals surface area contributed by atoms with E-state index in [1.807, 2.05) is 12.1 Å². The predicted molar refractivity (Wildman–Crippen MR) is 105 cm³/mol. The topological polar surface area (TPSA) is 71.1 Å². The maximum Gasteiger partial charge on any atom is 0.334 e. The second kappa shape index (κ2) is 9.55. The van der Waals surface area contributed by atoms with Gasteiger partial charge in [0.05, 0.1) is 20.3 Å². The number of ether oxygens (including phenoxy) is 4. The Kier molecular flexibility index (Phi) is 7.40. The number of carbonyl (C=O) groups is 2. The Labute approximate surface area is 166 Å². The molecule has 0 aromatic heterocycles. The van der Waals surface area contributed by atoms with Gasteiger partial charge in [0.25, 0.3) is 0 Å². The summed E-state index contributed by atoms with van der Waals surface area (Å²) in [7, 11) is 1.58. The van der Waals surface area contributed by atoms with Crippen molar-refractivity contribution in [3.8, 4) is 5.75 Å². The lowest BCUT2D eigenvalue weighted by molar-refractivity contribution is -0.162. The van der Waals surface area contributed by atoms with Crippen LogP contribution in [0.15, 0.2) is 35.4 Å². The number of fused-ring (bicyclic) bond motifs is 1. The molecule has 0 unspecified atom stereocenters. The molecule has 2 rings (SSSR count). The molecule has 2 atom stereocenters. The van der Waals surface area contributed by atoms with Gasteiger partial charge in [-0.3, -0.25) is 0 Å². The molecule has 152 valence electrons. The fourth-order valence-electron chi connectivity index (χ4n) is 2.83. The van der Waals surface area contributed by atoms with Crippen LogP contribution in [0.4, 0.5) is 0 Å². The van der Waals surface area contributed by atoms with Crippen LogP contribution in [0.3, 0.4) is 0 Å². The van der Waals surface area contributed by atoms with Gasteiger partial charge in [0.1, 0.15) is 11.9 Å². The average Bonchev–Trinajstić information content (AvgIpc) is 3.18. The van der Waals surface area contributed by atoms with Crippen LogP contribution in [-0.2, 0) is 37.0 Å². The summed E-state index contributed by atoms with van der Waals surface area (Å²) in [6, 6.07) is 3.73. The molecule has 0 amide bonds. The quantitative estimate of drug-likeness (QED) is 0.516. The van der Waals surface area contributed by atoms with Crippen molar-refractivity contribution in [1.29, 1.82) is 0 Å². The Bertz CT molecular complexity index is 805. The summed E-state index contributed by atoms with van der Waals surface area (Å²) in [4.78, 5) is 24.6. The molecule has 1 aliphatic rings. The second-order valence-corrected chi connectivity index (χ2v) is 6.73. The molecule has 1 aromatic carbocycles. The molecule has 0 saturated carbocycles. The minimum Gasteiger partial charge on any atom is -0.496 e. The van der Waals surface area contributed by atoms with E-state index in [2.05, 4.69) is 0 Å². The number of carbonyl (C=O) groups excluding carboxylic acids is 2. The normalized spacial score (nSPS) is 16.2. The van der Waals surface area contributed by atoms with Crippen molar-refractivity contribution in [2.24, 2.45) is 0 Å². The van der Waals surface area contributed by atoms with Gasteiger partial charge in [-0.25, -0.2) is 9.59 Å². The van der Waals surface area contributed by atoms with Crippen molar-refractivity contribution >= 4 is 11.9 Å². The highest BCUT2D eigenvalue weighted by atomic mass is 16.6. The smallest absolute Gasteiger partial charge is 0.334 e. The number of allylic oxidation sites excluding steroid dienone is 2. The molecule has 1 aliphatic heterocycles. The summed E-state index contributed by atoms with van der Waals surface area (Å²) in [5.74, 6) is -0.249. The first-order valence-electron chi connectivity index (χ1n) is 9.27. The van der Waals surface area contributed by atoms with E-state index in [0.29, 0.717) is 35.7 Å². The molecule has 0 aliphatic carbocycles. The Morgan fingerprint density at radius 2 is 1.64 bits per heavy atom. The van der Waals surface area contributed by atoms with E-state index in [-0.39, 0.29) is 0 Å². The molecule has 1 aromatic rings. The molecule has 0 saturated heterocycles. The molecule has 0 bridgehead atoms. The SMILES string of the molecule is C/C=C(/C)C(=O)O[C@@H](C)[C@@H](OC(=O)/C(C)=C\C)c1cc2c(c(OC)c1)COC2. The van der Waals surface area contributed by atoms with E-state index < -0.39 is 24.1 Å². The summed E-state index contributed by atoms with van der Waals surface area (Å²) in [6.07, 6.45) is 1.88. The van der Waals surface area contributed by atoms with Crippen molar-refractivity contribution < 1.29 is 28.5 Å². The van der Waals surface area contributed by atoms with Gasteiger partial charge < -0.3 is 18.9 Å². The molecular formula is C22H28O6. The van der Waals surface area contributed by atoms with Crippen LogP contribution in [-0.4, -0.2) is 25.2 Å². The zero-order valence-corrected chi connectivity index (χ0v) is 17.3. The van der Waals surface area contributed by atoms with Crippen molar-refractivity contribution in [1.82, 2.24) is 0 Å². The monoisotopic (exact) mass is 388 g/mol. The van der Waals surface area contributed by atoms with E-state index in [9.17, 15) is 9.59 Å². The maximum absolute atomic E-state index is 12.4. The van der Waals surface area contributed by atoms with Crippen LogP contribution < -0.4 is 4.74 Å². The van der Waals surface area contributed by atoms with E-state index in [0.717, 1.165) is 11.1 Å². The van der Waals surface area contributed by atoms with Gasteiger partial charge in [-0.15, -0.1) is 0 Å². The molecule has 28 heavy (non-hydrogen) atoms. The summed E-state index contributed by atoms with van der Waals surface area (Å²) in [5.41, 5.74) is 3.61. The van der Waals surface area contributed by atoms with Crippen LogP contribution in [0.1, 0.15) is 57.4 Å². The summed E-state index contributed by atoms with van der Waals surface area (Å²) in [6.45, 7) is 9.53. The minimum atomic E-state index is -0.782. The summed E-state index contributed by atoms with van der Waals surface area (Å²) < 4.78 is 22.3. The molecule has 6 nitrogen and oxygen atoms in total. The van der Waals surface area contributed by atoms with Gasteiger partial charge in [-0.2, -0.15) is 0 Å². The fourth-order valence-corrected chi connectivity index (χ4v) is 2.83. The van der Waals surface area contributed by atoms with Crippen LogP contribution in [0.2, 0.25) is 0 Å². The molecule has 0 fully saturated rings. The lowest BCUT2D eigenvalue weighted by atomic mass is 9.98. The zero-order chi connectivity index (χ0) is 20.8. The highest BCUT2D eigenvalue weighted by molar-refractivity contribution is 5.88. The van der Waals surface area contributed by atoms with Gasteiger partial charge >= 0.3 is 11.9 Å². The molecular weight excluding hydrogens is 360 g/mol. The summed E-state index contributed by atoms with van der Waals surface area (Å²) >= 11 is 0. The Morgan fingerprint density at radius 3 is 2.21 bits per heavy atom. The number of methoxy groups -OCH3 is 1. The third-order valence-electron chi connectivity index (χ3n) is 4.84. The van der Waals surface area contributed by atoms with Crippen molar-refractivity contribution in [2.45, 2.75) is 60.0 Å². The van der Waals surface area contributed by atoms with Gasteiger partial charge in [0.15, 0.2) is 6.10 Å². The second-order valence-electron chi connectivity index (χ2n) is 6.73. The lowest BCUT2D eigenvalue weighted by Gasteiger charge is -2.26. The highest BCUT2D eigenvalue weighted by Gasteiger charge is 2.30. The molecule has 0 spiro atoms. The third kappa shape index (κ3) is 4.81. The number of hydrogen-bond donors (Lipinski definition) is 0. The van der Waals surface area contributed by atoms with Crippen molar-refractivity contribution in [3.05, 3.63) is 52.1 Å². The largest absolute Gasteiger partial charge is 0.496 e. The van der Waals surface area contributed by atoms with Crippen molar-refractivity contribution in [2.75, 3.05) is 7.11 Å². The Balaban J connectivity index is 2.40. The molecule has 1 heterocycles. The Hall–Kier alpha value is -2.60. The van der Waals surface area contributed by atoms with Gasteiger partial charge in [0, 0.05) is 22.3 Å². The third-order valence-corrected chi connectivity index (χ3v) is 4.84. The average molecular weight is 388 g/mol. The van der Waals surface area contributed by atoms with E-state index in [1.165, 1.54) is 0 Å². The van der Waals surface area contributed by atoms with Gasteiger partial charge in [0.2, 0.25) is 0 Å². The lowest BCUT2D eigenvalue weighted by Crippen LogP contribution is -2.27. The van der Waals surface area contributed by atoms with Crippen LogP contribution in [0.25, 0.3) is 0 Å². The molecule has 0 N–H and O–H groups in total. The number of rotatable bonds is 7. The van der Waals surface area contributed by atoms with Crippen LogP contribution in [0, 0.1) is 0 Å². The fraction of sp³-hybridized carbons (Fsp3) is 0.455. The number of hydrogen-bond acceptors (Lipinski definition) is 6. The zero-order valence-electron chi connectivity index (χ0n) is 17.3. The van der Waals surface area contributed by atoms with E-state index >= 15 is 0 Å². The Morgan fingerprint density at radius 1 is 1.04 bits per heavy atom. The number of esters is 2. The molecule has 0 radical (unpaired) electrons. The molecule has 6 heteroatoms. The van der Waals surface area contributed by atoms with Gasteiger partial charge in [-0.1, -0.05) is 12.2 Å². The minimum absolute atomic E-state index is 0.449. The van der Waals surface area contributed by atoms with E-state index in [4.69, 9.17) is 18.9 Å².